The fourth-order valence-electron chi connectivity index (χ4n) is 6.90. The van der Waals surface area contributed by atoms with Crippen LogP contribution in [-0.2, 0) is 5.41 Å². The molecule has 0 saturated carbocycles. The van der Waals surface area contributed by atoms with Gasteiger partial charge in [-0.05, 0) is 63.2 Å². The third-order valence-corrected chi connectivity index (χ3v) is 9.23. The molecule has 1 unspecified atom stereocenters. The second kappa shape index (κ2) is 10.1. The molecular weight excluding hydrogens is 534 g/mol. The molecule has 5 aromatic rings. The summed E-state index contributed by atoms with van der Waals surface area (Å²) in [6.07, 6.45) is 8.01. The molecule has 3 aliphatic rings. The van der Waals surface area contributed by atoms with E-state index in [-0.39, 0.29) is 11.7 Å². The summed E-state index contributed by atoms with van der Waals surface area (Å²) in [4.78, 5) is 7.67. The van der Waals surface area contributed by atoms with Crippen LogP contribution in [0.3, 0.4) is 0 Å². The third-order valence-electron chi connectivity index (χ3n) is 9.23. The van der Waals surface area contributed by atoms with E-state index in [1.165, 1.54) is 33.4 Å². The smallest absolute Gasteiger partial charge is 0.201 e. The monoisotopic (exact) mass is 567 g/mol. The van der Waals surface area contributed by atoms with Crippen molar-refractivity contribution in [3.8, 4) is 22.3 Å². The highest BCUT2D eigenvalue weighted by Crippen LogP contribution is 2.51. The maximum Gasteiger partial charge on any atom is 0.201 e. The predicted octanol–water partition coefficient (Wildman–Crippen LogP) is 9.81. The first-order chi connectivity index (χ1) is 21.5. The average molecular weight is 568 g/mol. The molecule has 0 aromatic heterocycles. The zero-order chi connectivity index (χ0) is 29.8. The third kappa shape index (κ3) is 4.16. The molecule has 212 valence electrons. The van der Waals surface area contributed by atoms with E-state index in [0.717, 1.165) is 39.3 Å². The minimum atomic E-state index is -0.356. The van der Waals surface area contributed by atoms with Gasteiger partial charge in [0.15, 0.2) is 0 Å². The number of allylic oxidation sites excluding steroid dienone is 4. The maximum atomic E-state index is 5.41. The van der Waals surface area contributed by atoms with Gasteiger partial charge < -0.3 is 10.2 Å². The van der Waals surface area contributed by atoms with E-state index in [2.05, 4.69) is 170 Å². The molecule has 0 spiro atoms. The van der Waals surface area contributed by atoms with Gasteiger partial charge in [0.2, 0.25) is 6.29 Å². The van der Waals surface area contributed by atoms with Crippen LogP contribution in [0.1, 0.15) is 41.7 Å². The Bertz CT molecular complexity index is 2030. The molecule has 0 bridgehead atoms. The highest BCUT2D eigenvalue weighted by molar-refractivity contribution is 6.17. The van der Waals surface area contributed by atoms with Gasteiger partial charge in [0.25, 0.3) is 0 Å². The summed E-state index contributed by atoms with van der Waals surface area (Å²) in [5, 5.41) is 3.74. The molecule has 0 radical (unpaired) electrons. The van der Waals surface area contributed by atoms with Crippen LogP contribution < -0.4 is 10.2 Å². The van der Waals surface area contributed by atoms with Gasteiger partial charge in [0, 0.05) is 34.0 Å². The fourth-order valence-corrected chi connectivity index (χ4v) is 6.90. The molecular formula is C41H33N3. The molecule has 0 amide bonds. The number of fused-ring (bicyclic) bond motifs is 5. The van der Waals surface area contributed by atoms with Crippen molar-refractivity contribution in [3.63, 3.8) is 0 Å². The lowest BCUT2D eigenvalue weighted by Crippen LogP contribution is -2.40. The zero-order valence-electron chi connectivity index (χ0n) is 25.0. The van der Waals surface area contributed by atoms with Crippen molar-refractivity contribution in [1.29, 1.82) is 0 Å². The van der Waals surface area contributed by atoms with Gasteiger partial charge >= 0.3 is 0 Å². The second-order valence-electron chi connectivity index (χ2n) is 12.2. The maximum absolute atomic E-state index is 5.41. The molecule has 0 fully saturated rings. The Balaban J connectivity index is 1.27. The Morgan fingerprint density at radius 2 is 1.34 bits per heavy atom. The van der Waals surface area contributed by atoms with Crippen LogP contribution in [-0.4, -0.2) is 12.0 Å². The van der Waals surface area contributed by atoms with Gasteiger partial charge in [-0.15, -0.1) is 0 Å². The van der Waals surface area contributed by atoms with E-state index in [1.54, 1.807) is 0 Å². The molecule has 44 heavy (non-hydrogen) atoms. The Kier molecular flexibility index (Phi) is 6.02. The molecule has 2 aliphatic heterocycles. The van der Waals surface area contributed by atoms with Crippen LogP contribution in [0.15, 0.2) is 151 Å². The van der Waals surface area contributed by atoms with Gasteiger partial charge in [0.1, 0.15) is 0 Å². The van der Waals surface area contributed by atoms with Gasteiger partial charge in [-0.1, -0.05) is 130 Å². The van der Waals surface area contributed by atoms with E-state index in [9.17, 15) is 0 Å². The minimum Gasteiger partial charge on any atom is -0.346 e. The summed E-state index contributed by atoms with van der Waals surface area (Å²) in [5.41, 5.74) is 15.0. The SMILES string of the molecule is C=C1/C=C\C=C/N(C2N=C(c3ccc(-c4ccccc4)cc3)c3ccccc3N2)c2cc3c(cc21)C(C)(C)c1ccccc1-3. The molecule has 5 aromatic carbocycles. The summed E-state index contributed by atoms with van der Waals surface area (Å²) in [5.74, 6) is 0. The van der Waals surface area contributed by atoms with Crippen molar-refractivity contribution < 1.29 is 0 Å². The van der Waals surface area contributed by atoms with Gasteiger partial charge in [-0.2, -0.15) is 0 Å². The minimum absolute atomic E-state index is 0.0900. The number of para-hydroxylation sites is 1. The molecule has 8 rings (SSSR count). The number of nitrogens with one attached hydrogen (secondary N) is 1. The first-order valence-electron chi connectivity index (χ1n) is 15.2. The van der Waals surface area contributed by atoms with Gasteiger partial charge in [-0.3, -0.25) is 0 Å². The van der Waals surface area contributed by atoms with Crippen molar-refractivity contribution in [3.05, 3.63) is 174 Å². The van der Waals surface area contributed by atoms with Crippen molar-refractivity contribution in [2.75, 3.05) is 10.2 Å². The van der Waals surface area contributed by atoms with Crippen LogP contribution in [0.2, 0.25) is 0 Å². The van der Waals surface area contributed by atoms with Crippen LogP contribution in [0.25, 0.3) is 27.8 Å². The molecule has 2 heterocycles. The topological polar surface area (TPSA) is 27.6 Å². The summed E-state index contributed by atoms with van der Waals surface area (Å²) >= 11 is 0. The van der Waals surface area contributed by atoms with Crippen molar-refractivity contribution in [2.24, 2.45) is 4.99 Å². The van der Waals surface area contributed by atoms with Crippen molar-refractivity contribution in [1.82, 2.24) is 0 Å². The van der Waals surface area contributed by atoms with E-state index >= 15 is 0 Å². The second-order valence-corrected chi connectivity index (χ2v) is 12.2. The number of benzene rings is 5. The standard InChI is InChI=1S/C41H33N3/c1-27-13-11-12-24-44(38-26-34-31-16-7-9-18-35(31)41(2,3)36(34)25-33(27)38)40-42-37-19-10-8-17-32(37)39(43-40)30-22-20-29(21-23-30)28-14-5-4-6-15-28/h4-26,40,42H,1H2,2-3H3/b13-11-,24-12-. The van der Waals surface area contributed by atoms with Crippen molar-refractivity contribution in [2.45, 2.75) is 25.6 Å². The van der Waals surface area contributed by atoms with Crippen LogP contribution >= 0.6 is 0 Å². The number of nitrogens with zero attached hydrogens (tertiary/aromatic N) is 2. The van der Waals surface area contributed by atoms with E-state index < -0.39 is 0 Å². The molecule has 3 heteroatoms. The van der Waals surface area contributed by atoms with Gasteiger partial charge in [0.05, 0.1) is 11.4 Å². The molecule has 3 nitrogen and oxygen atoms in total. The predicted molar refractivity (Wildman–Crippen MR) is 185 cm³/mol. The van der Waals surface area contributed by atoms with Crippen LogP contribution in [0.5, 0.6) is 0 Å². The Labute approximate surface area is 259 Å². The number of aliphatic imine (C=N–C) groups is 1. The molecule has 0 saturated heterocycles. The lowest BCUT2D eigenvalue weighted by Gasteiger charge is -2.36. The first kappa shape index (κ1) is 26.2. The van der Waals surface area contributed by atoms with E-state index in [1.807, 2.05) is 0 Å². The Morgan fingerprint density at radius 1 is 0.659 bits per heavy atom. The lowest BCUT2D eigenvalue weighted by atomic mass is 9.81. The summed E-state index contributed by atoms with van der Waals surface area (Å²) < 4.78 is 0. The van der Waals surface area contributed by atoms with Crippen molar-refractivity contribution >= 4 is 22.7 Å². The Morgan fingerprint density at radius 3 is 2.16 bits per heavy atom. The average Bonchev–Trinajstić information content (AvgIpc) is 3.29. The quantitative estimate of drug-likeness (QED) is 0.235. The zero-order valence-corrected chi connectivity index (χ0v) is 25.0. The fraction of sp³-hybridized carbons (Fsp3) is 0.0976. The summed E-state index contributed by atoms with van der Waals surface area (Å²) in [7, 11) is 0. The number of rotatable bonds is 3. The molecule has 1 aliphatic carbocycles. The van der Waals surface area contributed by atoms with Crippen LogP contribution in [0, 0.1) is 0 Å². The summed E-state index contributed by atoms with van der Waals surface area (Å²) in [6.45, 7) is 9.13. The number of hydrogen-bond donors (Lipinski definition) is 1. The van der Waals surface area contributed by atoms with E-state index in [4.69, 9.17) is 4.99 Å². The highest BCUT2D eigenvalue weighted by atomic mass is 15.4. The van der Waals surface area contributed by atoms with Gasteiger partial charge in [-0.25, -0.2) is 4.99 Å². The number of anilines is 2. The summed E-state index contributed by atoms with van der Waals surface area (Å²) in [6, 6.07) is 41.2. The van der Waals surface area contributed by atoms with Crippen LogP contribution in [0.4, 0.5) is 11.4 Å². The van der Waals surface area contributed by atoms with E-state index in [0.29, 0.717) is 0 Å². The lowest BCUT2D eigenvalue weighted by molar-refractivity contribution is 0.660. The normalized spacial score (nSPS) is 18.9. The highest BCUT2D eigenvalue weighted by Gasteiger charge is 2.37. The molecule has 1 N–H and O–H groups in total. The Hall–Kier alpha value is -5.41. The number of hydrogen-bond acceptors (Lipinski definition) is 3. The largest absolute Gasteiger partial charge is 0.346 e. The first-order valence-corrected chi connectivity index (χ1v) is 15.2. The molecule has 1 atom stereocenters.